The lowest BCUT2D eigenvalue weighted by atomic mass is 9.96. The van der Waals surface area contributed by atoms with Crippen LogP contribution in [0, 0.1) is 0 Å². The van der Waals surface area contributed by atoms with Crippen molar-refractivity contribution in [2.75, 3.05) is 11.9 Å². The molecule has 12 heavy (non-hydrogen) atoms. The Labute approximate surface area is 81.3 Å². The van der Waals surface area contributed by atoms with Gasteiger partial charge in [0.25, 0.3) is 0 Å². The minimum atomic E-state index is 0.509. The van der Waals surface area contributed by atoms with Gasteiger partial charge in [-0.25, -0.2) is 0 Å². The molecule has 2 heteroatoms. The van der Waals surface area contributed by atoms with Gasteiger partial charge < -0.3 is 5.32 Å². The zero-order chi connectivity index (χ0) is 8.39. The van der Waals surface area contributed by atoms with Crippen LogP contribution in [0.4, 0.5) is 0 Å². The molecule has 0 bridgehead atoms. The number of alkyl halides is 1. The molecule has 1 heterocycles. The second-order valence-corrected chi connectivity index (χ2v) is 3.76. The van der Waals surface area contributed by atoms with Crippen molar-refractivity contribution in [3.63, 3.8) is 0 Å². The Hall–Kier alpha value is -0.340. The third kappa shape index (κ3) is 1.41. The summed E-state index contributed by atoms with van der Waals surface area (Å²) in [4.78, 5) is 0. The van der Waals surface area contributed by atoms with Crippen LogP contribution in [-0.2, 0) is 6.42 Å². The van der Waals surface area contributed by atoms with Gasteiger partial charge in [-0.15, -0.1) is 0 Å². The lowest BCUT2D eigenvalue weighted by Gasteiger charge is -2.25. The van der Waals surface area contributed by atoms with Gasteiger partial charge in [0, 0.05) is 11.4 Å². The summed E-state index contributed by atoms with van der Waals surface area (Å²) >= 11 is 3.52. The normalized spacial score (nSPS) is 21.9. The average molecular weight is 226 g/mol. The number of halogens is 1. The van der Waals surface area contributed by atoms with E-state index in [4.69, 9.17) is 0 Å². The van der Waals surface area contributed by atoms with Crippen molar-refractivity contribution >= 4 is 15.9 Å². The molecule has 1 aliphatic rings. The lowest BCUT2D eigenvalue weighted by Crippen LogP contribution is -2.30. The third-order valence-corrected chi connectivity index (χ3v) is 3.02. The number of fused-ring (bicyclic) bond motifs is 1. The van der Waals surface area contributed by atoms with Gasteiger partial charge in [-0.05, 0) is 24.1 Å². The first-order valence-corrected chi connectivity index (χ1v) is 5.41. The Bertz CT molecular complexity index is 272. The quantitative estimate of drug-likeness (QED) is 0.724. The second-order valence-electron chi connectivity index (χ2n) is 3.11. The maximum absolute atomic E-state index is 3.52. The molecule has 0 aromatic heterocycles. The van der Waals surface area contributed by atoms with Crippen molar-refractivity contribution in [3.8, 4) is 0 Å². The highest BCUT2D eigenvalue weighted by Crippen LogP contribution is 2.23. The molecule has 0 aliphatic carbocycles. The maximum Gasteiger partial charge on any atom is 0.0421 e. The van der Waals surface area contributed by atoms with Crippen molar-refractivity contribution in [1.29, 1.82) is 0 Å². The molecule has 1 aliphatic heterocycles. The van der Waals surface area contributed by atoms with Crippen LogP contribution in [0.15, 0.2) is 24.3 Å². The van der Waals surface area contributed by atoms with E-state index in [-0.39, 0.29) is 0 Å². The molecule has 2 rings (SSSR count). The molecule has 1 atom stereocenters. The number of rotatable bonds is 1. The zero-order valence-electron chi connectivity index (χ0n) is 6.89. The summed E-state index contributed by atoms with van der Waals surface area (Å²) in [6, 6.07) is 9.19. The van der Waals surface area contributed by atoms with Crippen LogP contribution in [0.3, 0.4) is 0 Å². The fourth-order valence-electron chi connectivity index (χ4n) is 1.73. The van der Waals surface area contributed by atoms with Crippen molar-refractivity contribution in [2.24, 2.45) is 0 Å². The SMILES string of the molecule is BrC[C@H]1NCCc2ccccc21. The van der Waals surface area contributed by atoms with Crippen LogP contribution in [0.5, 0.6) is 0 Å². The van der Waals surface area contributed by atoms with E-state index in [1.807, 2.05) is 0 Å². The van der Waals surface area contributed by atoms with Crippen molar-refractivity contribution in [2.45, 2.75) is 12.5 Å². The van der Waals surface area contributed by atoms with Gasteiger partial charge in [0.2, 0.25) is 0 Å². The molecule has 0 amide bonds. The Balaban J connectivity index is 2.37. The van der Waals surface area contributed by atoms with Crippen LogP contribution in [0.25, 0.3) is 0 Å². The third-order valence-electron chi connectivity index (χ3n) is 2.37. The van der Waals surface area contributed by atoms with E-state index in [1.54, 1.807) is 0 Å². The van der Waals surface area contributed by atoms with Crippen LogP contribution >= 0.6 is 15.9 Å². The summed E-state index contributed by atoms with van der Waals surface area (Å²) in [6.07, 6.45) is 1.17. The molecule has 1 aromatic rings. The molecule has 1 nitrogen and oxygen atoms in total. The second kappa shape index (κ2) is 3.58. The van der Waals surface area contributed by atoms with Crippen molar-refractivity contribution < 1.29 is 0 Å². The maximum atomic E-state index is 3.52. The van der Waals surface area contributed by atoms with Crippen molar-refractivity contribution in [3.05, 3.63) is 35.4 Å². The van der Waals surface area contributed by atoms with E-state index >= 15 is 0 Å². The highest BCUT2D eigenvalue weighted by atomic mass is 79.9. The van der Waals surface area contributed by atoms with Gasteiger partial charge in [-0.3, -0.25) is 0 Å². The van der Waals surface area contributed by atoms with Crippen LogP contribution < -0.4 is 5.32 Å². The van der Waals surface area contributed by atoms with Gasteiger partial charge in [0.05, 0.1) is 0 Å². The molecule has 1 aromatic carbocycles. The molecule has 0 fully saturated rings. The van der Waals surface area contributed by atoms with E-state index in [9.17, 15) is 0 Å². The number of nitrogens with one attached hydrogen (secondary N) is 1. The Kier molecular flexibility index (Phi) is 2.47. The molecular weight excluding hydrogens is 214 g/mol. The van der Waals surface area contributed by atoms with Crippen molar-refractivity contribution in [1.82, 2.24) is 5.32 Å². The van der Waals surface area contributed by atoms with Crippen LogP contribution in [0.2, 0.25) is 0 Å². The van der Waals surface area contributed by atoms with Gasteiger partial charge >= 0.3 is 0 Å². The fourth-order valence-corrected chi connectivity index (χ4v) is 2.31. The molecule has 0 saturated carbocycles. The lowest BCUT2D eigenvalue weighted by molar-refractivity contribution is 0.550. The van der Waals surface area contributed by atoms with E-state index < -0.39 is 0 Å². The molecule has 0 spiro atoms. The highest BCUT2D eigenvalue weighted by Gasteiger charge is 2.16. The molecule has 0 saturated heterocycles. The first-order valence-electron chi connectivity index (χ1n) is 4.29. The van der Waals surface area contributed by atoms with E-state index in [1.165, 1.54) is 17.5 Å². The smallest absolute Gasteiger partial charge is 0.0421 e. The highest BCUT2D eigenvalue weighted by molar-refractivity contribution is 9.09. The summed E-state index contributed by atoms with van der Waals surface area (Å²) in [5, 5.41) is 4.48. The summed E-state index contributed by atoms with van der Waals surface area (Å²) in [5.41, 5.74) is 2.96. The fraction of sp³-hybridized carbons (Fsp3) is 0.400. The Morgan fingerprint density at radius 3 is 3.08 bits per heavy atom. The molecule has 1 N–H and O–H groups in total. The van der Waals surface area contributed by atoms with E-state index in [0.29, 0.717) is 6.04 Å². The summed E-state index contributed by atoms with van der Waals surface area (Å²) < 4.78 is 0. The van der Waals surface area contributed by atoms with E-state index in [2.05, 4.69) is 45.5 Å². The molecule has 0 unspecified atom stereocenters. The predicted octanol–water partition coefficient (Wildman–Crippen LogP) is 2.27. The standard InChI is InChI=1S/C10H12BrN/c11-7-10-9-4-2-1-3-8(9)5-6-12-10/h1-4,10,12H,5-7H2/t10-/m1/s1. The van der Waals surface area contributed by atoms with Gasteiger partial charge in [-0.2, -0.15) is 0 Å². The van der Waals surface area contributed by atoms with Gasteiger partial charge in [0.15, 0.2) is 0 Å². The summed E-state index contributed by atoms with van der Waals surface area (Å²) in [6.45, 7) is 1.10. The number of benzene rings is 1. The first kappa shape index (κ1) is 8.27. The summed E-state index contributed by atoms with van der Waals surface area (Å²) in [5.74, 6) is 0. The molecular formula is C10H12BrN. The number of hydrogen-bond acceptors (Lipinski definition) is 1. The monoisotopic (exact) mass is 225 g/mol. The minimum absolute atomic E-state index is 0.509. The Morgan fingerprint density at radius 2 is 2.25 bits per heavy atom. The molecule has 0 radical (unpaired) electrons. The topological polar surface area (TPSA) is 12.0 Å². The largest absolute Gasteiger partial charge is 0.309 e. The summed E-state index contributed by atoms with van der Waals surface area (Å²) in [7, 11) is 0. The zero-order valence-corrected chi connectivity index (χ0v) is 8.47. The number of hydrogen-bond donors (Lipinski definition) is 1. The molecule has 64 valence electrons. The Morgan fingerprint density at radius 1 is 1.42 bits per heavy atom. The average Bonchev–Trinajstić information content (AvgIpc) is 2.17. The van der Waals surface area contributed by atoms with Gasteiger partial charge in [-0.1, -0.05) is 40.2 Å². The van der Waals surface area contributed by atoms with Crippen LogP contribution in [-0.4, -0.2) is 11.9 Å². The first-order chi connectivity index (χ1) is 5.92. The minimum Gasteiger partial charge on any atom is -0.309 e. The van der Waals surface area contributed by atoms with E-state index in [0.717, 1.165) is 11.9 Å². The van der Waals surface area contributed by atoms with Crippen LogP contribution in [0.1, 0.15) is 17.2 Å². The predicted molar refractivity (Wildman–Crippen MR) is 54.7 cm³/mol. The van der Waals surface area contributed by atoms with Gasteiger partial charge in [0.1, 0.15) is 0 Å².